The summed E-state index contributed by atoms with van der Waals surface area (Å²) in [5, 5.41) is 3.02. The van der Waals surface area contributed by atoms with Gasteiger partial charge < -0.3 is 9.64 Å². The number of morpholine rings is 1. The van der Waals surface area contributed by atoms with Crippen LogP contribution in [0.15, 0.2) is 35.7 Å². The average Bonchev–Trinajstić information content (AvgIpc) is 3.11. The standard InChI is InChI=1S/C20H27N3O2S/c1-15(2)23-9-10-25-18(13-23)11-19(24)22(3)12-17-14-26-20(21-17)16-7-5-4-6-8-16/h4-8,14-15,18H,9-13H2,1-3H3/t18-/m0/s1. The highest BCUT2D eigenvalue weighted by Gasteiger charge is 2.25. The molecule has 0 bridgehead atoms. The topological polar surface area (TPSA) is 45.7 Å². The zero-order valence-corrected chi connectivity index (χ0v) is 16.5. The van der Waals surface area contributed by atoms with Gasteiger partial charge in [-0.15, -0.1) is 11.3 Å². The number of ether oxygens (including phenoxy) is 1. The van der Waals surface area contributed by atoms with Gasteiger partial charge in [-0.05, 0) is 13.8 Å². The fourth-order valence-electron chi connectivity index (χ4n) is 3.11. The first-order valence-electron chi connectivity index (χ1n) is 9.12. The number of benzene rings is 1. The Morgan fingerprint density at radius 1 is 1.38 bits per heavy atom. The van der Waals surface area contributed by atoms with E-state index in [9.17, 15) is 4.79 Å². The van der Waals surface area contributed by atoms with E-state index in [2.05, 4.69) is 35.9 Å². The van der Waals surface area contributed by atoms with Gasteiger partial charge in [0.05, 0.1) is 31.4 Å². The summed E-state index contributed by atoms with van der Waals surface area (Å²) < 4.78 is 5.79. The third-order valence-electron chi connectivity index (χ3n) is 4.70. The fourth-order valence-corrected chi connectivity index (χ4v) is 3.93. The summed E-state index contributed by atoms with van der Waals surface area (Å²) in [4.78, 5) is 21.4. The molecular weight excluding hydrogens is 346 g/mol. The molecule has 2 heterocycles. The molecule has 26 heavy (non-hydrogen) atoms. The van der Waals surface area contributed by atoms with Crippen molar-refractivity contribution < 1.29 is 9.53 Å². The van der Waals surface area contributed by atoms with E-state index in [1.807, 2.05) is 30.6 Å². The second-order valence-electron chi connectivity index (χ2n) is 7.05. The average molecular weight is 374 g/mol. The van der Waals surface area contributed by atoms with Gasteiger partial charge in [-0.1, -0.05) is 30.3 Å². The molecule has 6 heteroatoms. The quantitative estimate of drug-likeness (QED) is 0.780. The first kappa shape index (κ1) is 19.0. The molecule has 1 saturated heterocycles. The lowest BCUT2D eigenvalue weighted by molar-refractivity contribution is -0.135. The number of nitrogens with zero attached hydrogens (tertiary/aromatic N) is 3. The molecule has 0 spiro atoms. The van der Waals surface area contributed by atoms with E-state index < -0.39 is 0 Å². The van der Waals surface area contributed by atoms with Crippen LogP contribution in [0.2, 0.25) is 0 Å². The van der Waals surface area contributed by atoms with Gasteiger partial charge in [-0.2, -0.15) is 0 Å². The predicted octanol–water partition coefficient (Wildman–Crippen LogP) is 3.27. The third-order valence-corrected chi connectivity index (χ3v) is 5.64. The van der Waals surface area contributed by atoms with Crippen LogP contribution in [0.3, 0.4) is 0 Å². The first-order chi connectivity index (χ1) is 12.5. The smallest absolute Gasteiger partial charge is 0.225 e. The Morgan fingerprint density at radius 3 is 2.88 bits per heavy atom. The summed E-state index contributed by atoms with van der Waals surface area (Å²) in [5.41, 5.74) is 2.04. The number of aromatic nitrogens is 1. The van der Waals surface area contributed by atoms with Crippen LogP contribution in [-0.2, 0) is 16.1 Å². The van der Waals surface area contributed by atoms with E-state index >= 15 is 0 Å². The van der Waals surface area contributed by atoms with E-state index in [4.69, 9.17) is 4.74 Å². The molecule has 1 aliphatic rings. The minimum Gasteiger partial charge on any atom is -0.375 e. The van der Waals surface area contributed by atoms with Gasteiger partial charge in [0.2, 0.25) is 5.91 Å². The molecule has 1 aromatic carbocycles. The molecule has 1 aromatic heterocycles. The summed E-state index contributed by atoms with van der Waals surface area (Å²) in [6.07, 6.45) is 0.409. The molecule has 1 fully saturated rings. The zero-order chi connectivity index (χ0) is 18.5. The highest BCUT2D eigenvalue weighted by atomic mass is 32.1. The molecule has 0 radical (unpaired) electrons. The Bertz CT molecular complexity index is 717. The molecule has 5 nitrogen and oxygen atoms in total. The van der Waals surface area contributed by atoms with Crippen LogP contribution >= 0.6 is 11.3 Å². The van der Waals surface area contributed by atoms with E-state index in [0.717, 1.165) is 29.4 Å². The van der Waals surface area contributed by atoms with Crippen LogP contribution < -0.4 is 0 Å². The van der Waals surface area contributed by atoms with Gasteiger partial charge in [0.25, 0.3) is 0 Å². The summed E-state index contributed by atoms with van der Waals surface area (Å²) in [5.74, 6) is 0.106. The number of amides is 1. The lowest BCUT2D eigenvalue weighted by atomic mass is 10.1. The second kappa shape index (κ2) is 8.75. The van der Waals surface area contributed by atoms with Crippen molar-refractivity contribution in [3.8, 4) is 10.6 Å². The minimum atomic E-state index is -0.0172. The fraction of sp³-hybridized carbons (Fsp3) is 0.500. The van der Waals surface area contributed by atoms with E-state index in [1.54, 1.807) is 16.2 Å². The first-order valence-corrected chi connectivity index (χ1v) is 10.0. The van der Waals surface area contributed by atoms with Crippen LogP contribution in [0.1, 0.15) is 26.0 Å². The van der Waals surface area contributed by atoms with Crippen LogP contribution in [0, 0.1) is 0 Å². The maximum Gasteiger partial charge on any atom is 0.225 e. The van der Waals surface area contributed by atoms with Gasteiger partial charge in [0.15, 0.2) is 0 Å². The van der Waals surface area contributed by atoms with Crippen LogP contribution in [-0.4, -0.2) is 59.6 Å². The largest absolute Gasteiger partial charge is 0.375 e. The van der Waals surface area contributed by atoms with E-state index in [0.29, 0.717) is 25.6 Å². The van der Waals surface area contributed by atoms with E-state index in [1.165, 1.54) is 0 Å². The molecule has 3 rings (SSSR count). The molecule has 0 N–H and O–H groups in total. The molecule has 1 atom stereocenters. The Balaban J connectivity index is 1.54. The van der Waals surface area contributed by atoms with Crippen molar-refractivity contribution in [2.75, 3.05) is 26.7 Å². The van der Waals surface area contributed by atoms with Crippen LogP contribution in [0.25, 0.3) is 10.6 Å². The van der Waals surface area contributed by atoms with Crippen molar-refractivity contribution in [2.45, 2.75) is 39.0 Å². The number of carbonyl (C=O) groups excluding carboxylic acids is 1. The van der Waals surface area contributed by atoms with Crippen molar-refractivity contribution in [3.05, 3.63) is 41.4 Å². The number of thiazole rings is 1. The number of hydrogen-bond donors (Lipinski definition) is 0. The van der Waals surface area contributed by atoms with Crippen LogP contribution in [0.5, 0.6) is 0 Å². The van der Waals surface area contributed by atoms with Gasteiger partial charge >= 0.3 is 0 Å². The Morgan fingerprint density at radius 2 is 2.15 bits per heavy atom. The minimum absolute atomic E-state index is 0.0172. The monoisotopic (exact) mass is 373 g/mol. The molecule has 1 amide bonds. The second-order valence-corrected chi connectivity index (χ2v) is 7.90. The molecule has 2 aromatic rings. The highest BCUT2D eigenvalue weighted by molar-refractivity contribution is 7.13. The van der Waals surface area contributed by atoms with E-state index in [-0.39, 0.29) is 12.0 Å². The molecule has 0 unspecified atom stereocenters. The summed E-state index contributed by atoms with van der Waals surface area (Å²) >= 11 is 1.62. The molecular formula is C20H27N3O2S. The number of carbonyl (C=O) groups is 1. The Kier molecular flexibility index (Phi) is 6.40. The number of hydrogen-bond acceptors (Lipinski definition) is 5. The van der Waals surface area contributed by atoms with Crippen molar-refractivity contribution in [3.63, 3.8) is 0 Å². The third kappa shape index (κ3) is 4.90. The zero-order valence-electron chi connectivity index (χ0n) is 15.7. The van der Waals surface area contributed by atoms with Gasteiger partial charge in [-0.3, -0.25) is 9.69 Å². The van der Waals surface area contributed by atoms with Crippen molar-refractivity contribution in [1.82, 2.24) is 14.8 Å². The van der Waals surface area contributed by atoms with Crippen LogP contribution in [0.4, 0.5) is 0 Å². The van der Waals surface area contributed by atoms with Gasteiger partial charge in [-0.25, -0.2) is 4.98 Å². The number of rotatable bonds is 6. The maximum absolute atomic E-state index is 12.6. The summed E-state index contributed by atoms with van der Waals surface area (Å²) in [6.45, 7) is 7.37. The molecule has 0 saturated carbocycles. The SMILES string of the molecule is CC(C)N1CCO[C@@H](CC(=O)N(C)Cc2csc(-c3ccccc3)n2)C1. The molecule has 1 aliphatic heterocycles. The highest BCUT2D eigenvalue weighted by Crippen LogP contribution is 2.24. The van der Waals surface area contributed by atoms with Crippen molar-refractivity contribution >= 4 is 17.2 Å². The Labute approximate surface area is 159 Å². The molecule has 140 valence electrons. The normalized spacial score (nSPS) is 18.2. The lowest BCUT2D eigenvalue weighted by Crippen LogP contribution is -2.47. The van der Waals surface area contributed by atoms with Gasteiger partial charge in [0, 0.05) is 37.1 Å². The maximum atomic E-state index is 12.6. The lowest BCUT2D eigenvalue weighted by Gasteiger charge is -2.35. The van der Waals surface area contributed by atoms with Crippen molar-refractivity contribution in [1.29, 1.82) is 0 Å². The summed E-state index contributed by atoms with van der Waals surface area (Å²) in [6, 6.07) is 10.6. The summed E-state index contributed by atoms with van der Waals surface area (Å²) in [7, 11) is 1.84. The Hall–Kier alpha value is -1.76. The van der Waals surface area contributed by atoms with Gasteiger partial charge in [0.1, 0.15) is 5.01 Å². The predicted molar refractivity (Wildman–Crippen MR) is 105 cm³/mol. The van der Waals surface area contributed by atoms with Crippen molar-refractivity contribution in [2.24, 2.45) is 0 Å². The molecule has 0 aliphatic carbocycles.